The van der Waals surface area contributed by atoms with Crippen molar-refractivity contribution in [3.8, 4) is 11.5 Å². The average Bonchev–Trinajstić information content (AvgIpc) is 3.46. The van der Waals surface area contributed by atoms with Gasteiger partial charge in [0.25, 0.3) is 11.5 Å². The van der Waals surface area contributed by atoms with Crippen LogP contribution in [-0.4, -0.2) is 22.6 Å². The van der Waals surface area contributed by atoms with E-state index in [0.717, 1.165) is 22.0 Å². The summed E-state index contributed by atoms with van der Waals surface area (Å²) >= 11 is 1.39. The van der Waals surface area contributed by atoms with E-state index in [-0.39, 0.29) is 24.8 Å². The molecule has 3 heterocycles. The predicted octanol–water partition coefficient (Wildman–Crippen LogP) is 4.47. The number of fused-ring (bicyclic) bond motifs is 2. The highest BCUT2D eigenvalue weighted by atomic mass is 32.1. The quantitative estimate of drug-likeness (QED) is 0.505. The fraction of sp³-hybridized carbons (Fsp3) is 0.167. The van der Waals surface area contributed by atoms with Crippen LogP contribution >= 0.6 is 11.3 Å². The second kappa shape index (κ2) is 7.92. The normalized spacial score (nSPS) is 12.3. The number of carbonyl (C=O) groups is 1. The van der Waals surface area contributed by atoms with E-state index in [1.54, 1.807) is 11.0 Å². The van der Waals surface area contributed by atoms with Gasteiger partial charge in [0.1, 0.15) is 0 Å². The van der Waals surface area contributed by atoms with Crippen molar-refractivity contribution in [2.45, 2.75) is 20.0 Å². The zero-order chi connectivity index (χ0) is 21.4. The molecule has 1 aliphatic heterocycles. The molecule has 2 aromatic heterocycles. The first kappa shape index (κ1) is 19.4. The molecule has 2 aromatic carbocycles. The molecule has 1 amide bonds. The summed E-state index contributed by atoms with van der Waals surface area (Å²) in [6.07, 6.45) is 0. The number of aryl methyl sites for hydroxylation is 1. The van der Waals surface area contributed by atoms with Crippen molar-refractivity contribution in [2.24, 2.45) is 0 Å². The van der Waals surface area contributed by atoms with Crippen molar-refractivity contribution >= 4 is 28.1 Å². The molecule has 0 saturated carbocycles. The van der Waals surface area contributed by atoms with Crippen LogP contribution in [0.15, 0.2) is 64.8 Å². The number of nitrogens with one attached hydrogen (secondary N) is 1. The molecule has 4 aromatic rings. The van der Waals surface area contributed by atoms with Gasteiger partial charge >= 0.3 is 0 Å². The number of rotatable bonds is 5. The van der Waals surface area contributed by atoms with Crippen LogP contribution in [0.1, 0.15) is 26.4 Å². The highest BCUT2D eigenvalue weighted by molar-refractivity contribution is 7.12. The van der Waals surface area contributed by atoms with E-state index in [9.17, 15) is 9.59 Å². The fourth-order valence-corrected chi connectivity index (χ4v) is 4.46. The number of benzene rings is 2. The lowest BCUT2D eigenvalue weighted by atomic mass is 10.1. The second-order valence-corrected chi connectivity index (χ2v) is 8.44. The molecule has 31 heavy (non-hydrogen) atoms. The molecule has 1 aliphatic rings. The summed E-state index contributed by atoms with van der Waals surface area (Å²) in [6.45, 7) is 2.70. The zero-order valence-corrected chi connectivity index (χ0v) is 17.7. The molecule has 5 rings (SSSR count). The molecule has 0 radical (unpaired) electrons. The van der Waals surface area contributed by atoms with Gasteiger partial charge in [-0.15, -0.1) is 11.3 Å². The Morgan fingerprint density at radius 2 is 1.94 bits per heavy atom. The standard InChI is InChI=1S/C24H20N2O4S/c1-15-4-2-5-17-11-18(23(27)25-22(15)17)13-26(24(28)21-6-3-9-31-21)12-16-7-8-19-20(10-16)30-14-29-19/h2-11H,12-14H2,1H3,(H,25,27). The first-order valence-corrected chi connectivity index (χ1v) is 10.8. The fourth-order valence-electron chi connectivity index (χ4n) is 3.77. The molecule has 0 fully saturated rings. The van der Waals surface area contributed by atoms with Crippen LogP contribution in [-0.2, 0) is 13.1 Å². The average molecular weight is 433 g/mol. The molecule has 0 atom stereocenters. The molecule has 156 valence electrons. The van der Waals surface area contributed by atoms with Crippen LogP contribution in [0.4, 0.5) is 0 Å². The van der Waals surface area contributed by atoms with Crippen molar-refractivity contribution in [3.05, 3.63) is 91.9 Å². The number of ether oxygens (including phenoxy) is 2. The number of aromatic nitrogens is 1. The minimum atomic E-state index is -0.184. The van der Waals surface area contributed by atoms with Gasteiger partial charge in [-0.05, 0) is 53.1 Å². The van der Waals surface area contributed by atoms with Gasteiger partial charge < -0.3 is 19.4 Å². The number of hydrogen-bond donors (Lipinski definition) is 1. The number of thiophene rings is 1. The summed E-state index contributed by atoms with van der Waals surface area (Å²) in [5.41, 5.74) is 3.10. The highest BCUT2D eigenvalue weighted by Gasteiger charge is 2.21. The Hall–Kier alpha value is -3.58. The molecular formula is C24H20N2O4S. The molecular weight excluding hydrogens is 412 g/mol. The van der Waals surface area contributed by atoms with E-state index in [2.05, 4.69) is 4.98 Å². The number of aromatic amines is 1. The van der Waals surface area contributed by atoms with E-state index < -0.39 is 0 Å². The van der Waals surface area contributed by atoms with Crippen LogP contribution in [0.5, 0.6) is 11.5 Å². The van der Waals surface area contributed by atoms with Crippen LogP contribution in [0.25, 0.3) is 10.9 Å². The first-order valence-electron chi connectivity index (χ1n) is 9.91. The van der Waals surface area contributed by atoms with Gasteiger partial charge in [-0.1, -0.05) is 30.3 Å². The van der Waals surface area contributed by atoms with Gasteiger partial charge in [0, 0.05) is 12.1 Å². The smallest absolute Gasteiger partial charge is 0.264 e. The Bertz CT molecular complexity index is 1330. The van der Waals surface area contributed by atoms with Crippen molar-refractivity contribution in [1.29, 1.82) is 0 Å². The molecule has 0 bridgehead atoms. The molecule has 0 saturated heterocycles. The van der Waals surface area contributed by atoms with E-state index in [4.69, 9.17) is 9.47 Å². The third-order valence-corrected chi connectivity index (χ3v) is 6.21. The van der Waals surface area contributed by atoms with Crippen molar-refractivity contribution in [2.75, 3.05) is 6.79 Å². The molecule has 6 nitrogen and oxygen atoms in total. The van der Waals surface area contributed by atoms with Gasteiger partial charge in [-0.3, -0.25) is 9.59 Å². The number of nitrogens with zero attached hydrogens (tertiary/aromatic N) is 1. The minimum absolute atomic E-state index is 0.114. The zero-order valence-electron chi connectivity index (χ0n) is 16.9. The SMILES string of the molecule is Cc1cccc2cc(CN(Cc3ccc4c(c3)OCO4)C(=O)c3cccs3)c(=O)[nH]c12. The molecule has 1 N–H and O–H groups in total. The topological polar surface area (TPSA) is 71.6 Å². The van der Waals surface area contributed by atoms with Crippen LogP contribution in [0.2, 0.25) is 0 Å². The maximum absolute atomic E-state index is 13.2. The lowest BCUT2D eigenvalue weighted by molar-refractivity contribution is 0.0734. The van der Waals surface area contributed by atoms with Crippen LogP contribution in [0, 0.1) is 6.92 Å². The second-order valence-electron chi connectivity index (χ2n) is 7.49. The number of H-pyrrole nitrogens is 1. The Kier molecular flexibility index (Phi) is 4.95. The van der Waals surface area contributed by atoms with Crippen LogP contribution < -0.4 is 15.0 Å². The largest absolute Gasteiger partial charge is 0.454 e. The number of hydrogen-bond acceptors (Lipinski definition) is 5. The van der Waals surface area contributed by atoms with Crippen molar-refractivity contribution in [3.63, 3.8) is 0 Å². The summed E-state index contributed by atoms with van der Waals surface area (Å²) in [5, 5.41) is 2.82. The van der Waals surface area contributed by atoms with E-state index in [1.165, 1.54) is 11.3 Å². The van der Waals surface area contributed by atoms with Gasteiger partial charge in [0.2, 0.25) is 6.79 Å². The van der Waals surface area contributed by atoms with E-state index in [1.807, 2.05) is 60.8 Å². The van der Waals surface area contributed by atoms with Gasteiger partial charge in [-0.2, -0.15) is 0 Å². The van der Waals surface area contributed by atoms with Crippen molar-refractivity contribution < 1.29 is 14.3 Å². The van der Waals surface area contributed by atoms with E-state index >= 15 is 0 Å². The van der Waals surface area contributed by atoms with Gasteiger partial charge in [0.05, 0.1) is 16.9 Å². The summed E-state index contributed by atoms with van der Waals surface area (Å²) in [5.74, 6) is 1.25. The highest BCUT2D eigenvalue weighted by Crippen LogP contribution is 2.33. The summed E-state index contributed by atoms with van der Waals surface area (Å²) < 4.78 is 10.9. The summed E-state index contributed by atoms with van der Waals surface area (Å²) in [7, 11) is 0. The number of amides is 1. The summed E-state index contributed by atoms with van der Waals surface area (Å²) in [4.78, 5) is 31.4. The van der Waals surface area contributed by atoms with Crippen molar-refractivity contribution in [1.82, 2.24) is 9.88 Å². The number of carbonyl (C=O) groups excluding carboxylic acids is 1. The molecule has 0 aliphatic carbocycles. The number of para-hydroxylation sites is 1. The Morgan fingerprint density at radius 3 is 2.77 bits per heavy atom. The maximum atomic E-state index is 13.2. The monoisotopic (exact) mass is 432 g/mol. The minimum Gasteiger partial charge on any atom is -0.454 e. The predicted molar refractivity (Wildman–Crippen MR) is 120 cm³/mol. The lowest BCUT2D eigenvalue weighted by Gasteiger charge is -2.22. The molecule has 0 unspecified atom stereocenters. The Labute approximate surface area is 182 Å². The van der Waals surface area contributed by atoms with Crippen LogP contribution in [0.3, 0.4) is 0 Å². The van der Waals surface area contributed by atoms with E-state index in [0.29, 0.717) is 28.5 Å². The Morgan fingerprint density at radius 1 is 1.06 bits per heavy atom. The summed E-state index contributed by atoms with van der Waals surface area (Å²) in [6, 6.07) is 17.0. The Balaban J connectivity index is 1.50. The van der Waals surface area contributed by atoms with Gasteiger partial charge in [-0.25, -0.2) is 0 Å². The third-order valence-electron chi connectivity index (χ3n) is 5.36. The molecule has 0 spiro atoms. The van der Waals surface area contributed by atoms with Gasteiger partial charge in [0.15, 0.2) is 11.5 Å². The third kappa shape index (κ3) is 3.80. The lowest BCUT2D eigenvalue weighted by Crippen LogP contribution is -2.32. The number of pyridine rings is 1. The maximum Gasteiger partial charge on any atom is 0.264 e. The first-order chi connectivity index (χ1) is 15.1. The molecule has 7 heteroatoms.